The van der Waals surface area contributed by atoms with Gasteiger partial charge in [-0.1, -0.05) is 0 Å². The molecule has 0 aromatic heterocycles. The number of allylic oxidation sites excluding steroid dienone is 1. The summed E-state index contributed by atoms with van der Waals surface area (Å²) in [5.74, 6) is -0.852. The van der Waals surface area contributed by atoms with Crippen molar-refractivity contribution in [3.05, 3.63) is 11.8 Å². The molecule has 106 valence electrons. The first-order chi connectivity index (χ1) is 8.08. The first-order valence-corrected chi connectivity index (χ1v) is 9.23. The minimum atomic E-state index is -3.37. The molecule has 0 aliphatic carbocycles. The zero-order valence-electron chi connectivity index (χ0n) is 11.0. The van der Waals surface area contributed by atoms with Crippen molar-refractivity contribution in [2.24, 2.45) is 0 Å². The Morgan fingerprint density at radius 1 is 1.22 bits per heavy atom. The van der Waals surface area contributed by atoms with Crippen molar-refractivity contribution in [2.45, 2.75) is 31.9 Å². The van der Waals surface area contributed by atoms with E-state index >= 15 is 0 Å². The van der Waals surface area contributed by atoms with E-state index in [0.29, 0.717) is 0 Å². The monoisotopic (exact) mass is 296 g/mol. The normalized spacial score (nSPS) is 29.5. The van der Waals surface area contributed by atoms with Gasteiger partial charge in [0.25, 0.3) is 0 Å². The second kappa shape index (κ2) is 5.21. The molecule has 1 heterocycles. The van der Waals surface area contributed by atoms with Crippen LogP contribution in [0.2, 0.25) is 0 Å². The van der Waals surface area contributed by atoms with Crippen LogP contribution in [0, 0.1) is 0 Å². The fraction of sp³-hybridized carbons (Fsp3) is 0.818. The van der Waals surface area contributed by atoms with E-state index in [1.165, 1.54) is 6.92 Å². The molecule has 1 atom stereocenters. The number of rotatable bonds is 4. The molecule has 1 aliphatic rings. The summed E-state index contributed by atoms with van der Waals surface area (Å²) in [7, 11) is -6.64. The lowest BCUT2D eigenvalue weighted by Gasteiger charge is -2.32. The van der Waals surface area contributed by atoms with E-state index < -0.39 is 24.4 Å². The van der Waals surface area contributed by atoms with Gasteiger partial charge in [0.15, 0.2) is 19.7 Å². The van der Waals surface area contributed by atoms with E-state index in [1.54, 1.807) is 6.26 Å². The third-order valence-electron chi connectivity index (χ3n) is 3.01. The smallest absolute Gasteiger partial charge is 0.157 e. The highest BCUT2D eigenvalue weighted by Crippen LogP contribution is 2.29. The Morgan fingerprint density at radius 2 is 1.83 bits per heavy atom. The second-order valence-corrected chi connectivity index (χ2v) is 9.98. The van der Waals surface area contributed by atoms with E-state index in [2.05, 4.69) is 0 Å². The molecule has 0 aromatic rings. The number of ether oxygens (including phenoxy) is 1. The standard InChI is InChI=1S/C11H20O5S2/c1-10(2)8-16-5-4-11(3)9-17(12,13)6-7-18(11,14)15/h8H,4-7,9H2,1-3H3. The molecule has 1 saturated heterocycles. The predicted octanol–water partition coefficient (Wildman–Crippen LogP) is 0.919. The number of hydrogen-bond donors (Lipinski definition) is 0. The van der Waals surface area contributed by atoms with Gasteiger partial charge in [-0.05, 0) is 26.3 Å². The van der Waals surface area contributed by atoms with Crippen LogP contribution < -0.4 is 0 Å². The summed E-state index contributed by atoms with van der Waals surface area (Å²) in [6.07, 6.45) is 1.74. The van der Waals surface area contributed by atoms with Gasteiger partial charge in [0, 0.05) is 6.42 Å². The lowest BCUT2D eigenvalue weighted by molar-refractivity contribution is 0.230. The van der Waals surface area contributed by atoms with Crippen LogP contribution in [0.1, 0.15) is 27.2 Å². The largest absolute Gasteiger partial charge is 0.501 e. The molecule has 7 heteroatoms. The molecule has 0 aromatic carbocycles. The summed E-state index contributed by atoms with van der Waals surface area (Å²) in [5, 5.41) is 0. The van der Waals surface area contributed by atoms with Crippen LogP contribution in [-0.4, -0.2) is 45.4 Å². The molecule has 5 nitrogen and oxygen atoms in total. The molecule has 1 unspecified atom stereocenters. The zero-order chi connectivity index (χ0) is 14.0. The van der Waals surface area contributed by atoms with Gasteiger partial charge in [-0.2, -0.15) is 0 Å². The summed E-state index contributed by atoms with van der Waals surface area (Å²) in [6, 6.07) is 0. The Labute approximate surface area is 109 Å². The van der Waals surface area contributed by atoms with E-state index in [4.69, 9.17) is 4.74 Å². The second-order valence-electron chi connectivity index (χ2n) is 5.18. The first kappa shape index (κ1) is 15.5. The van der Waals surface area contributed by atoms with E-state index in [0.717, 1.165) is 5.57 Å². The van der Waals surface area contributed by atoms with Crippen molar-refractivity contribution in [3.8, 4) is 0 Å². The van der Waals surface area contributed by atoms with Gasteiger partial charge in [-0.25, -0.2) is 16.8 Å². The highest BCUT2D eigenvalue weighted by atomic mass is 32.2. The van der Waals surface area contributed by atoms with Crippen molar-refractivity contribution in [1.82, 2.24) is 0 Å². The van der Waals surface area contributed by atoms with Gasteiger partial charge in [0.05, 0.1) is 34.9 Å². The van der Waals surface area contributed by atoms with E-state index in [9.17, 15) is 16.8 Å². The minimum absolute atomic E-state index is 0.193. The molecule has 1 aliphatic heterocycles. The van der Waals surface area contributed by atoms with Crippen LogP contribution >= 0.6 is 0 Å². The molecular weight excluding hydrogens is 276 g/mol. The Kier molecular flexibility index (Phi) is 4.48. The van der Waals surface area contributed by atoms with Gasteiger partial charge in [-0.3, -0.25) is 0 Å². The molecule has 0 amide bonds. The quantitative estimate of drug-likeness (QED) is 0.569. The molecule has 0 spiro atoms. The number of hydrogen-bond acceptors (Lipinski definition) is 5. The average molecular weight is 296 g/mol. The van der Waals surface area contributed by atoms with Crippen LogP contribution in [0.15, 0.2) is 11.8 Å². The molecule has 1 rings (SSSR count). The van der Waals surface area contributed by atoms with E-state index in [-0.39, 0.29) is 30.3 Å². The molecular formula is C11H20O5S2. The van der Waals surface area contributed by atoms with Crippen LogP contribution in [0.4, 0.5) is 0 Å². The molecule has 0 radical (unpaired) electrons. The molecule has 0 N–H and O–H groups in total. The molecule has 18 heavy (non-hydrogen) atoms. The Hall–Kier alpha value is -0.560. The van der Waals surface area contributed by atoms with Gasteiger partial charge in [0.2, 0.25) is 0 Å². The van der Waals surface area contributed by atoms with Crippen molar-refractivity contribution in [3.63, 3.8) is 0 Å². The van der Waals surface area contributed by atoms with E-state index in [1.807, 2.05) is 13.8 Å². The zero-order valence-corrected chi connectivity index (χ0v) is 12.6. The maximum Gasteiger partial charge on any atom is 0.157 e. The number of sulfone groups is 2. The Morgan fingerprint density at radius 3 is 2.39 bits per heavy atom. The van der Waals surface area contributed by atoms with Gasteiger partial charge >= 0.3 is 0 Å². The van der Waals surface area contributed by atoms with Gasteiger partial charge in [-0.15, -0.1) is 0 Å². The van der Waals surface area contributed by atoms with Gasteiger partial charge < -0.3 is 4.74 Å². The maximum absolute atomic E-state index is 12.0. The average Bonchev–Trinajstić information content (AvgIpc) is 2.19. The van der Waals surface area contributed by atoms with Crippen molar-refractivity contribution in [1.29, 1.82) is 0 Å². The summed E-state index contributed by atoms with van der Waals surface area (Å²) < 4.78 is 51.1. The molecule has 1 fully saturated rings. The van der Waals surface area contributed by atoms with Crippen LogP contribution in [0.25, 0.3) is 0 Å². The van der Waals surface area contributed by atoms with Crippen LogP contribution in [0.3, 0.4) is 0 Å². The highest BCUT2D eigenvalue weighted by Gasteiger charge is 2.46. The minimum Gasteiger partial charge on any atom is -0.501 e. The fourth-order valence-corrected chi connectivity index (χ4v) is 7.09. The molecule has 0 saturated carbocycles. The Balaban J connectivity index is 2.78. The van der Waals surface area contributed by atoms with Crippen molar-refractivity contribution >= 4 is 19.7 Å². The van der Waals surface area contributed by atoms with Crippen LogP contribution in [-0.2, 0) is 24.4 Å². The van der Waals surface area contributed by atoms with Gasteiger partial charge in [0.1, 0.15) is 0 Å². The third kappa shape index (κ3) is 3.71. The summed E-state index contributed by atoms with van der Waals surface area (Å²) in [4.78, 5) is 0. The third-order valence-corrected chi connectivity index (χ3v) is 7.94. The van der Waals surface area contributed by atoms with Crippen molar-refractivity contribution in [2.75, 3.05) is 23.9 Å². The SMILES string of the molecule is CC(C)=COCCC1(C)CS(=O)(=O)CCS1(=O)=O. The lowest BCUT2D eigenvalue weighted by atomic mass is 10.1. The van der Waals surface area contributed by atoms with Crippen LogP contribution in [0.5, 0.6) is 0 Å². The lowest BCUT2D eigenvalue weighted by Crippen LogP contribution is -2.50. The predicted molar refractivity (Wildman–Crippen MR) is 70.8 cm³/mol. The molecule has 0 bridgehead atoms. The first-order valence-electron chi connectivity index (χ1n) is 5.76. The Bertz CT molecular complexity index is 526. The topological polar surface area (TPSA) is 77.5 Å². The fourth-order valence-electron chi connectivity index (χ4n) is 1.84. The maximum atomic E-state index is 12.0. The summed E-state index contributed by atoms with van der Waals surface area (Å²) >= 11 is 0. The summed E-state index contributed by atoms with van der Waals surface area (Å²) in [5.41, 5.74) is 0.972. The van der Waals surface area contributed by atoms with Crippen molar-refractivity contribution < 1.29 is 21.6 Å². The highest BCUT2D eigenvalue weighted by molar-refractivity contribution is 7.99. The summed E-state index contributed by atoms with van der Waals surface area (Å²) in [6.45, 7) is 5.43.